The Morgan fingerprint density at radius 2 is 2.21 bits per heavy atom. The molecule has 2 rings (SSSR count). The van der Waals surface area contributed by atoms with Crippen LogP contribution in [0.5, 0.6) is 0 Å². The predicted molar refractivity (Wildman–Crippen MR) is 63.4 cm³/mol. The van der Waals surface area contributed by atoms with E-state index in [0.29, 0.717) is 0 Å². The topological polar surface area (TPSA) is 24.9 Å². The van der Waals surface area contributed by atoms with Crippen LogP contribution in [0.1, 0.15) is 12.1 Å². The summed E-state index contributed by atoms with van der Waals surface area (Å²) in [5.74, 6) is 0.805. The van der Waals surface area contributed by atoms with E-state index in [1.807, 2.05) is 12.3 Å². The summed E-state index contributed by atoms with van der Waals surface area (Å²) >= 11 is 0. The van der Waals surface area contributed by atoms with Gasteiger partial charge in [-0.2, -0.15) is 0 Å². The fraction of sp³-hybridized carbons (Fsp3) is 0.500. The number of nitrogens with zero attached hydrogens (tertiary/aromatic N) is 1. The molecule has 0 spiro atoms. The molecule has 1 aromatic heterocycles. The van der Waals surface area contributed by atoms with Crippen LogP contribution in [-0.2, 0) is 6.42 Å². The van der Waals surface area contributed by atoms with Crippen molar-refractivity contribution in [3.05, 3.63) is 30.1 Å². The number of aromatic nitrogens is 1. The number of pyridine rings is 1. The molecule has 1 saturated heterocycles. The molecule has 14 heavy (non-hydrogen) atoms. The first-order valence-electron chi connectivity index (χ1n) is 4.56. The minimum atomic E-state index is 0. The molecule has 0 aromatic carbocycles. The summed E-state index contributed by atoms with van der Waals surface area (Å²) in [6.45, 7) is 2.34. The van der Waals surface area contributed by atoms with E-state index < -0.39 is 0 Å². The minimum absolute atomic E-state index is 0. The Morgan fingerprint density at radius 3 is 2.79 bits per heavy atom. The van der Waals surface area contributed by atoms with Gasteiger partial charge in [0.2, 0.25) is 0 Å². The standard InChI is InChI=1S/C10H14N2.2ClH/c1-2-5-12-10(3-1)7-9-4-6-11-8-9;;/h1-3,5,9,11H,4,6-8H2;2*1H. The van der Waals surface area contributed by atoms with Crippen LogP contribution in [0.2, 0.25) is 0 Å². The van der Waals surface area contributed by atoms with E-state index in [1.165, 1.54) is 18.7 Å². The van der Waals surface area contributed by atoms with Crippen LogP contribution in [0.3, 0.4) is 0 Å². The third-order valence-corrected chi connectivity index (χ3v) is 2.39. The average Bonchev–Trinajstić information content (AvgIpc) is 2.59. The van der Waals surface area contributed by atoms with Crippen LogP contribution < -0.4 is 5.32 Å². The van der Waals surface area contributed by atoms with Crippen LogP contribution in [-0.4, -0.2) is 18.1 Å². The van der Waals surface area contributed by atoms with Gasteiger partial charge < -0.3 is 5.32 Å². The van der Waals surface area contributed by atoms with Crippen LogP contribution in [0.25, 0.3) is 0 Å². The molecule has 0 bridgehead atoms. The van der Waals surface area contributed by atoms with Crippen molar-refractivity contribution in [3.63, 3.8) is 0 Å². The highest BCUT2D eigenvalue weighted by atomic mass is 35.5. The van der Waals surface area contributed by atoms with Crippen molar-refractivity contribution < 1.29 is 0 Å². The molecular formula is C10H16Cl2N2. The van der Waals surface area contributed by atoms with Crippen molar-refractivity contribution in [1.29, 1.82) is 0 Å². The van der Waals surface area contributed by atoms with Gasteiger partial charge in [0.25, 0.3) is 0 Å². The molecule has 1 atom stereocenters. The van der Waals surface area contributed by atoms with Crippen LogP contribution in [0, 0.1) is 5.92 Å². The molecule has 1 N–H and O–H groups in total. The molecule has 1 aromatic rings. The number of hydrogen-bond acceptors (Lipinski definition) is 2. The first kappa shape index (κ1) is 13.7. The zero-order chi connectivity index (χ0) is 8.23. The molecule has 0 aliphatic carbocycles. The third kappa shape index (κ3) is 3.82. The van der Waals surface area contributed by atoms with Gasteiger partial charge in [-0.05, 0) is 44.0 Å². The van der Waals surface area contributed by atoms with Crippen LogP contribution in [0.4, 0.5) is 0 Å². The minimum Gasteiger partial charge on any atom is -0.316 e. The third-order valence-electron chi connectivity index (χ3n) is 2.39. The first-order chi connectivity index (χ1) is 5.95. The molecule has 0 radical (unpaired) electrons. The van der Waals surface area contributed by atoms with E-state index in [0.717, 1.165) is 18.9 Å². The van der Waals surface area contributed by atoms with Gasteiger partial charge in [0.15, 0.2) is 0 Å². The molecule has 2 heterocycles. The molecule has 0 saturated carbocycles. The quantitative estimate of drug-likeness (QED) is 0.848. The highest BCUT2D eigenvalue weighted by Crippen LogP contribution is 2.12. The average molecular weight is 235 g/mol. The Balaban J connectivity index is 0.000000845. The molecule has 0 amide bonds. The highest BCUT2D eigenvalue weighted by Gasteiger charge is 2.14. The zero-order valence-electron chi connectivity index (χ0n) is 7.98. The normalized spacial score (nSPS) is 19.6. The summed E-state index contributed by atoms with van der Waals surface area (Å²) in [7, 11) is 0. The molecule has 4 heteroatoms. The van der Waals surface area contributed by atoms with Gasteiger partial charge in [-0.15, -0.1) is 24.8 Å². The number of halogens is 2. The number of nitrogens with one attached hydrogen (secondary N) is 1. The Kier molecular flexibility index (Phi) is 6.89. The predicted octanol–water partition coefficient (Wildman–Crippen LogP) is 2.08. The van der Waals surface area contributed by atoms with Gasteiger partial charge in [-0.1, -0.05) is 6.07 Å². The maximum Gasteiger partial charge on any atom is 0.0406 e. The fourth-order valence-corrected chi connectivity index (χ4v) is 1.70. The van der Waals surface area contributed by atoms with Crippen molar-refractivity contribution in [2.45, 2.75) is 12.8 Å². The highest BCUT2D eigenvalue weighted by molar-refractivity contribution is 5.85. The van der Waals surface area contributed by atoms with Gasteiger partial charge in [-0.25, -0.2) is 0 Å². The Morgan fingerprint density at radius 1 is 1.36 bits per heavy atom. The van der Waals surface area contributed by atoms with Gasteiger partial charge in [0.05, 0.1) is 0 Å². The van der Waals surface area contributed by atoms with Crippen molar-refractivity contribution >= 4 is 24.8 Å². The second-order valence-corrected chi connectivity index (χ2v) is 3.38. The van der Waals surface area contributed by atoms with Crippen LogP contribution in [0.15, 0.2) is 24.4 Å². The van der Waals surface area contributed by atoms with Gasteiger partial charge >= 0.3 is 0 Å². The molecule has 1 unspecified atom stereocenters. The Labute approximate surface area is 97.3 Å². The summed E-state index contributed by atoms with van der Waals surface area (Å²) in [5, 5.41) is 3.36. The van der Waals surface area contributed by atoms with Gasteiger partial charge in [0.1, 0.15) is 0 Å². The molecule has 2 nitrogen and oxygen atoms in total. The second-order valence-electron chi connectivity index (χ2n) is 3.38. The SMILES string of the molecule is Cl.Cl.c1ccc(CC2CCNC2)nc1. The lowest BCUT2D eigenvalue weighted by molar-refractivity contribution is 0.572. The van der Waals surface area contributed by atoms with Crippen molar-refractivity contribution in [3.8, 4) is 0 Å². The first-order valence-corrected chi connectivity index (χ1v) is 4.56. The largest absolute Gasteiger partial charge is 0.316 e. The fourth-order valence-electron chi connectivity index (χ4n) is 1.70. The maximum absolute atomic E-state index is 4.31. The maximum atomic E-state index is 4.31. The number of rotatable bonds is 2. The van der Waals surface area contributed by atoms with Crippen molar-refractivity contribution in [2.24, 2.45) is 5.92 Å². The Bertz CT molecular complexity index is 235. The smallest absolute Gasteiger partial charge is 0.0406 e. The lowest BCUT2D eigenvalue weighted by atomic mass is 10.0. The molecule has 1 aliphatic rings. The number of hydrogen-bond donors (Lipinski definition) is 1. The van der Waals surface area contributed by atoms with Crippen molar-refractivity contribution in [2.75, 3.05) is 13.1 Å². The summed E-state index contributed by atoms with van der Waals surface area (Å²) in [6.07, 6.45) is 4.31. The van der Waals surface area contributed by atoms with Gasteiger partial charge in [-0.3, -0.25) is 4.98 Å². The van der Waals surface area contributed by atoms with E-state index in [-0.39, 0.29) is 24.8 Å². The van der Waals surface area contributed by atoms with E-state index >= 15 is 0 Å². The Hall–Kier alpha value is -0.310. The summed E-state index contributed by atoms with van der Waals surface area (Å²) < 4.78 is 0. The molecule has 1 aliphatic heterocycles. The summed E-state index contributed by atoms with van der Waals surface area (Å²) in [4.78, 5) is 4.31. The lowest BCUT2D eigenvalue weighted by Crippen LogP contribution is -2.11. The van der Waals surface area contributed by atoms with E-state index in [9.17, 15) is 0 Å². The zero-order valence-corrected chi connectivity index (χ0v) is 9.61. The van der Waals surface area contributed by atoms with E-state index in [1.54, 1.807) is 0 Å². The van der Waals surface area contributed by atoms with E-state index in [4.69, 9.17) is 0 Å². The molecule has 80 valence electrons. The summed E-state index contributed by atoms with van der Waals surface area (Å²) in [5.41, 5.74) is 1.23. The van der Waals surface area contributed by atoms with Crippen molar-refractivity contribution in [1.82, 2.24) is 10.3 Å². The summed E-state index contributed by atoms with van der Waals surface area (Å²) in [6, 6.07) is 6.14. The van der Waals surface area contributed by atoms with E-state index in [2.05, 4.69) is 22.4 Å². The van der Waals surface area contributed by atoms with Gasteiger partial charge in [0, 0.05) is 11.9 Å². The monoisotopic (exact) mass is 234 g/mol. The lowest BCUT2D eigenvalue weighted by Gasteiger charge is -2.05. The molecule has 1 fully saturated rings. The van der Waals surface area contributed by atoms with Crippen LogP contribution >= 0.6 is 24.8 Å². The molecular weight excluding hydrogens is 219 g/mol. The second kappa shape index (κ2) is 7.04.